The molecule has 0 heterocycles. The van der Waals surface area contributed by atoms with Gasteiger partial charge in [0.1, 0.15) is 12.6 Å². The van der Waals surface area contributed by atoms with Gasteiger partial charge < -0.3 is 10.2 Å². The quantitative estimate of drug-likeness (QED) is 0.548. The van der Waals surface area contributed by atoms with Gasteiger partial charge in [-0.1, -0.05) is 36.8 Å². The first kappa shape index (κ1) is 27.2. The van der Waals surface area contributed by atoms with Crippen molar-refractivity contribution in [2.75, 3.05) is 17.1 Å². The third kappa shape index (κ3) is 7.24. The van der Waals surface area contributed by atoms with E-state index >= 15 is 0 Å². The van der Waals surface area contributed by atoms with Gasteiger partial charge >= 0.3 is 0 Å². The molecule has 0 aromatic heterocycles. The van der Waals surface area contributed by atoms with Crippen LogP contribution in [0.15, 0.2) is 42.5 Å². The van der Waals surface area contributed by atoms with Gasteiger partial charge in [-0.05, 0) is 44.9 Å². The average molecular weight is 496 g/mol. The van der Waals surface area contributed by atoms with Gasteiger partial charge in [-0.25, -0.2) is 17.2 Å². The van der Waals surface area contributed by atoms with Crippen LogP contribution in [-0.4, -0.2) is 50.0 Å². The average Bonchev–Trinajstić information content (AvgIpc) is 2.74. The lowest BCUT2D eigenvalue weighted by Crippen LogP contribution is -2.53. The fraction of sp³-hybridized carbons (Fsp3) is 0.417. The number of amides is 2. The van der Waals surface area contributed by atoms with Gasteiger partial charge in [-0.3, -0.25) is 13.9 Å². The SMILES string of the molecule is CC[C@@H](C(=O)NC(C)C)N(Cc1ccc(C)cc1)C(=O)CN(c1ccc(F)c(F)c1)S(C)(=O)=O. The first-order valence-corrected chi connectivity index (χ1v) is 12.8. The lowest BCUT2D eigenvalue weighted by Gasteiger charge is -2.33. The van der Waals surface area contributed by atoms with Crippen molar-refractivity contribution in [2.24, 2.45) is 0 Å². The lowest BCUT2D eigenvalue weighted by atomic mass is 10.1. The van der Waals surface area contributed by atoms with E-state index in [2.05, 4.69) is 5.32 Å². The highest BCUT2D eigenvalue weighted by Gasteiger charge is 2.32. The highest BCUT2D eigenvalue weighted by atomic mass is 32.2. The summed E-state index contributed by atoms with van der Waals surface area (Å²) in [7, 11) is -4.03. The Balaban J connectivity index is 2.45. The maximum atomic E-state index is 13.8. The van der Waals surface area contributed by atoms with E-state index in [0.29, 0.717) is 10.7 Å². The number of halogens is 2. The molecule has 0 saturated heterocycles. The maximum absolute atomic E-state index is 13.8. The fourth-order valence-electron chi connectivity index (χ4n) is 3.44. The van der Waals surface area contributed by atoms with Crippen molar-refractivity contribution in [1.29, 1.82) is 0 Å². The molecule has 2 aromatic rings. The molecule has 2 aromatic carbocycles. The molecule has 0 aliphatic heterocycles. The second kappa shape index (κ2) is 11.4. The topological polar surface area (TPSA) is 86.8 Å². The zero-order chi connectivity index (χ0) is 25.6. The molecule has 0 saturated carbocycles. The number of carbonyl (C=O) groups is 2. The van der Waals surface area contributed by atoms with E-state index in [9.17, 15) is 26.8 Å². The molecule has 10 heteroatoms. The van der Waals surface area contributed by atoms with Gasteiger partial charge in [0, 0.05) is 18.7 Å². The lowest BCUT2D eigenvalue weighted by molar-refractivity contribution is -0.140. The zero-order valence-corrected chi connectivity index (χ0v) is 20.8. The number of anilines is 1. The summed E-state index contributed by atoms with van der Waals surface area (Å²) in [4.78, 5) is 27.7. The van der Waals surface area contributed by atoms with Gasteiger partial charge in [0.15, 0.2) is 11.6 Å². The minimum Gasteiger partial charge on any atom is -0.352 e. The molecule has 34 heavy (non-hydrogen) atoms. The minimum atomic E-state index is -4.03. The second-order valence-corrected chi connectivity index (χ2v) is 10.4. The van der Waals surface area contributed by atoms with Crippen molar-refractivity contribution in [3.8, 4) is 0 Å². The Morgan fingerprint density at radius 1 is 1.03 bits per heavy atom. The molecule has 1 N–H and O–H groups in total. The smallest absolute Gasteiger partial charge is 0.244 e. The Morgan fingerprint density at radius 2 is 1.65 bits per heavy atom. The fourth-order valence-corrected chi connectivity index (χ4v) is 4.29. The summed E-state index contributed by atoms with van der Waals surface area (Å²) in [5, 5.41) is 2.80. The van der Waals surface area contributed by atoms with Gasteiger partial charge in [-0.15, -0.1) is 0 Å². The number of nitrogens with zero attached hydrogens (tertiary/aromatic N) is 2. The molecule has 0 aliphatic rings. The van der Waals surface area contributed by atoms with E-state index in [4.69, 9.17) is 0 Å². The van der Waals surface area contributed by atoms with Crippen LogP contribution in [0, 0.1) is 18.6 Å². The largest absolute Gasteiger partial charge is 0.352 e. The van der Waals surface area contributed by atoms with E-state index in [1.807, 2.05) is 31.2 Å². The molecule has 2 amide bonds. The van der Waals surface area contributed by atoms with Crippen molar-refractivity contribution in [1.82, 2.24) is 10.2 Å². The number of nitrogens with one attached hydrogen (secondary N) is 1. The Bertz CT molecular complexity index is 1120. The van der Waals surface area contributed by atoms with Crippen LogP contribution in [0.25, 0.3) is 0 Å². The molecule has 0 unspecified atom stereocenters. The number of rotatable bonds is 10. The standard InChI is InChI=1S/C24H31F2N3O4S/c1-6-22(24(31)27-16(2)3)28(14-18-9-7-17(4)8-10-18)23(30)15-29(34(5,32)33)19-11-12-20(25)21(26)13-19/h7-13,16,22H,6,14-15H2,1-5H3,(H,27,31)/t22-/m0/s1. The summed E-state index contributed by atoms with van der Waals surface area (Å²) in [5.74, 6) is -3.39. The first-order chi connectivity index (χ1) is 15.8. The first-order valence-electron chi connectivity index (χ1n) is 10.9. The molecule has 0 spiro atoms. The van der Waals surface area contributed by atoms with Crippen molar-refractivity contribution in [3.63, 3.8) is 0 Å². The van der Waals surface area contributed by atoms with Crippen LogP contribution >= 0.6 is 0 Å². The van der Waals surface area contributed by atoms with Crippen LogP contribution in [0.3, 0.4) is 0 Å². The molecule has 0 radical (unpaired) electrons. The van der Waals surface area contributed by atoms with Gasteiger partial charge in [-0.2, -0.15) is 0 Å². The molecular formula is C24H31F2N3O4S. The van der Waals surface area contributed by atoms with Crippen LogP contribution in [0.5, 0.6) is 0 Å². The monoisotopic (exact) mass is 495 g/mol. The van der Waals surface area contributed by atoms with Crippen molar-refractivity contribution >= 4 is 27.5 Å². The number of benzene rings is 2. The van der Waals surface area contributed by atoms with E-state index in [1.165, 1.54) is 4.90 Å². The van der Waals surface area contributed by atoms with Crippen LogP contribution in [0.2, 0.25) is 0 Å². The van der Waals surface area contributed by atoms with Crippen LogP contribution in [0.4, 0.5) is 14.5 Å². The predicted molar refractivity (Wildman–Crippen MR) is 128 cm³/mol. The number of carbonyl (C=O) groups excluding carboxylic acids is 2. The molecule has 2 rings (SSSR count). The summed E-state index contributed by atoms with van der Waals surface area (Å²) >= 11 is 0. The third-order valence-corrected chi connectivity index (χ3v) is 6.30. The highest BCUT2D eigenvalue weighted by molar-refractivity contribution is 7.92. The molecule has 186 valence electrons. The van der Waals surface area contributed by atoms with Crippen LogP contribution < -0.4 is 9.62 Å². The molecule has 0 fully saturated rings. The van der Waals surface area contributed by atoms with Crippen molar-refractivity contribution < 1.29 is 26.8 Å². The van der Waals surface area contributed by atoms with E-state index < -0.39 is 40.2 Å². The predicted octanol–water partition coefficient (Wildman–Crippen LogP) is 3.37. The highest BCUT2D eigenvalue weighted by Crippen LogP contribution is 2.22. The third-order valence-electron chi connectivity index (χ3n) is 5.16. The summed E-state index contributed by atoms with van der Waals surface area (Å²) in [6.45, 7) is 6.66. The van der Waals surface area contributed by atoms with Gasteiger partial charge in [0.25, 0.3) is 0 Å². The molecule has 0 aliphatic carbocycles. The van der Waals surface area contributed by atoms with E-state index in [0.717, 1.165) is 35.6 Å². The molecular weight excluding hydrogens is 464 g/mol. The molecule has 1 atom stereocenters. The maximum Gasteiger partial charge on any atom is 0.244 e. The number of sulfonamides is 1. The normalized spacial score (nSPS) is 12.4. The molecule has 0 bridgehead atoms. The van der Waals surface area contributed by atoms with Crippen molar-refractivity contribution in [2.45, 2.75) is 52.7 Å². The summed E-state index contributed by atoms with van der Waals surface area (Å²) in [6.07, 6.45) is 1.16. The van der Waals surface area contributed by atoms with E-state index in [-0.39, 0.29) is 24.2 Å². The summed E-state index contributed by atoms with van der Waals surface area (Å²) in [5.41, 5.74) is 1.59. The minimum absolute atomic E-state index is 0.0680. The summed E-state index contributed by atoms with van der Waals surface area (Å²) in [6, 6.07) is 8.97. The Kier molecular flexibility index (Phi) is 9.14. The van der Waals surface area contributed by atoms with Crippen LogP contribution in [0.1, 0.15) is 38.3 Å². The Labute approximate surface area is 199 Å². The zero-order valence-electron chi connectivity index (χ0n) is 20.0. The second-order valence-electron chi connectivity index (χ2n) is 8.46. The number of hydrogen-bond donors (Lipinski definition) is 1. The van der Waals surface area contributed by atoms with Gasteiger partial charge in [0.2, 0.25) is 21.8 Å². The Morgan fingerprint density at radius 3 is 2.15 bits per heavy atom. The molecule has 7 nitrogen and oxygen atoms in total. The van der Waals surface area contributed by atoms with E-state index in [1.54, 1.807) is 20.8 Å². The Hall–Kier alpha value is -3.01. The van der Waals surface area contributed by atoms with Crippen LogP contribution in [-0.2, 0) is 26.2 Å². The van der Waals surface area contributed by atoms with Crippen molar-refractivity contribution in [3.05, 3.63) is 65.2 Å². The number of hydrogen-bond acceptors (Lipinski definition) is 4. The summed E-state index contributed by atoms with van der Waals surface area (Å²) < 4.78 is 52.8. The van der Waals surface area contributed by atoms with Gasteiger partial charge in [0.05, 0.1) is 11.9 Å². The number of aryl methyl sites for hydroxylation is 1.